The number of ether oxygens (including phenoxy) is 4. The van der Waals surface area contributed by atoms with E-state index in [0.29, 0.717) is 29.2 Å². The van der Waals surface area contributed by atoms with Crippen molar-refractivity contribution in [3.8, 4) is 29.1 Å². The number of hydrogen-bond donors (Lipinski definition) is 2. The van der Waals surface area contributed by atoms with Gasteiger partial charge >= 0.3 is 6.18 Å². The smallest absolute Gasteiger partial charge is 0.416 e. The van der Waals surface area contributed by atoms with Crippen molar-refractivity contribution in [1.82, 2.24) is 0 Å². The molecule has 6 rings (SSSR count). The molecule has 14 nitrogen and oxygen atoms in total. The molecule has 66 heavy (non-hydrogen) atoms. The minimum Gasteiger partial charge on any atom is -0.508 e. The third-order valence-electron chi connectivity index (χ3n) is 11.6. The lowest BCUT2D eigenvalue weighted by Gasteiger charge is -2.43. The number of non-ortho nitro benzene ring substituents is 1. The van der Waals surface area contributed by atoms with E-state index in [0.717, 1.165) is 25.2 Å². The highest BCUT2D eigenvalue weighted by Crippen LogP contribution is 2.46. The molecule has 2 N–H and O–H groups in total. The van der Waals surface area contributed by atoms with Gasteiger partial charge in [-0.25, -0.2) is 0 Å². The van der Waals surface area contributed by atoms with Crippen molar-refractivity contribution in [2.45, 2.75) is 110 Å². The summed E-state index contributed by atoms with van der Waals surface area (Å²) in [7, 11) is 1.03. The van der Waals surface area contributed by atoms with Gasteiger partial charge in [-0.1, -0.05) is 19.1 Å². The summed E-state index contributed by atoms with van der Waals surface area (Å²) in [6.45, 7) is 13.0. The number of nitro benzene ring substituents is 1. The first-order valence-corrected chi connectivity index (χ1v) is 20.9. The van der Waals surface area contributed by atoms with E-state index in [1.54, 1.807) is 72.7 Å². The summed E-state index contributed by atoms with van der Waals surface area (Å²) in [5.74, 6) is -1.74. The number of aliphatic hydroxyl groups excluding tert-OH is 2. The number of alkyl halides is 3. The zero-order valence-corrected chi connectivity index (χ0v) is 37.8. The Hall–Kier alpha value is -6.90. The van der Waals surface area contributed by atoms with E-state index in [1.807, 2.05) is 13.0 Å². The highest BCUT2D eigenvalue weighted by molar-refractivity contribution is 6.27. The molecule has 1 unspecified atom stereocenters. The molecule has 0 saturated carbocycles. The molecule has 0 spiro atoms. The first-order valence-electron chi connectivity index (χ1n) is 20.9. The third kappa shape index (κ3) is 9.42. The minimum atomic E-state index is -4.73. The number of rotatable bonds is 13. The van der Waals surface area contributed by atoms with Gasteiger partial charge in [0.25, 0.3) is 11.4 Å². The third-order valence-corrected chi connectivity index (χ3v) is 11.6. The van der Waals surface area contributed by atoms with Crippen LogP contribution in [-0.2, 0) is 38.1 Å². The number of carbonyl (C=O) groups excluding carboxylic acids is 2. The summed E-state index contributed by atoms with van der Waals surface area (Å²) in [6, 6.07) is 17.4. The van der Waals surface area contributed by atoms with Gasteiger partial charge in [0.1, 0.15) is 62.8 Å². The van der Waals surface area contributed by atoms with Crippen LogP contribution in [0.25, 0.3) is 11.1 Å². The molecule has 2 aliphatic rings. The second-order valence-corrected chi connectivity index (χ2v) is 17.8. The normalized spacial score (nSPS) is 19.1. The van der Waals surface area contributed by atoms with Gasteiger partial charge in [-0.05, 0) is 139 Å². The maximum Gasteiger partial charge on any atom is 0.416 e. The van der Waals surface area contributed by atoms with Crippen molar-refractivity contribution in [1.29, 1.82) is 5.26 Å². The second kappa shape index (κ2) is 17.5. The quantitative estimate of drug-likeness (QED) is 0.0732. The van der Waals surface area contributed by atoms with E-state index in [2.05, 4.69) is 0 Å². The van der Waals surface area contributed by atoms with Crippen molar-refractivity contribution in [3.63, 3.8) is 0 Å². The number of Topliss-reactive ketones (excluding diaryl/α,β-unsaturated/α-hetero) is 2. The Morgan fingerprint density at radius 1 is 0.742 bits per heavy atom. The van der Waals surface area contributed by atoms with Crippen LogP contribution in [0.1, 0.15) is 102 Å². The number of halogens is 3. The number of nitriles is 1. The number of nitrogens with zero attached hydrogens (tertiary/aromatic N) is 3. The highest BCUT2D eigenvalue weighted by Gasteiger charge is 2.50. The van der Waals surface area contributed by atoms with Gasteiger partial charge in [-0.2, -0.15) is 18.4 Å². The van der Waals surface area contributed by atoms with Crippen LogP contribution in [0.5, 0.6) is 23.0 Å². The van der Waals surface area contributed by atoms with E-state index >= 15 is 0 Å². The molecule has 17 heteroatoms. The number of nitroso groups, excluding NO2 is 1. The number of benzene rings is 4. The lowest BCUT2D eigenvalue weighted by Crippen LogP contribution is -2.51. The van der Waals surface area contributed by atoms with E-state index in [1.165, 1.54) is 24.3 Å². The molecule has 0 aromatic heterocycles. The van der Waals surface area contributed by atoms with Gasteiger partial charge in [0.2, 0.25) is 5.75 Å². The van der Waals surface area contributed by atoms with Crippen LogP contribution >= 0.6 is 0 Å². The molecular weight excluding hydrogens is 864 g/mol. The number of hydrogen-bond acceptors (Lipinski definition) is 12. The van der Waals surface area contributed by atoms with Crippen molar-refractivity contribution in [2.75, 3.05) is 7.05 Å². The summed E-state index contributed by atoms with van der Waals surface area (Å²) in [6.07, 6.45) is -3.77. The summed E-state index contributed by atoms with van der Waals surface area (Å²) < 4.78 is 65.3. The van der Waals surface area contributed by atoms with Gasteiger partial charge in [-0.3, -0.25) is 19.7 Å². The molecule has 0 fully saturated rings. The summed E-state index contributed by atoms with van der Waals surface area (Å²) in [5, 5.41) is 44.3. The fourth-order valence-electron chi connectivity index (χ4n) is 8.37. The van der Waals surface area contributed by atoms with E-state index in [-0.39, 0.29) is 86.5 Å². The molecule has 2 aliphatic heterocycles. The number of nitro groups is 1. The lowest BCUT2D eigenvalue weighted by molar-refractivity contribution is -0.429. The molecule has 0 bridgehead atoms. The monoisotopic (exact) mass is 912 g/mol. The Balaban J connectivity index is 1.36. The van der Waals surface area contributed by atoms with Crippen LogP contribution in [0.3, 0.4) is 0 Å². The zero-order chi connectivity index (χ0) is 48.9. The van der Waals surface area contributed by atoms with E-state index in [9.17, 15) is 53.3 Å². The maximum absolute atomic E-state index is 14.7. The Labute approximate surface area is 378 Å². The molecule has 346 valence electrons. The standard InChI is InChI=1S/C49H48F3N3O11/c1-10-27-13-17-32(63-37-20-16-31(55(61)62)22-29(37)26-53)24-34(27)40-43(58)47(6,7)66-48(8,44(40)59)21-11-12-28-14-18-33(64-38-19-15-30(49(50,51)52)23-36(38)54(9)60)25-35(28)39-41(56)45(2,3)65-46(4,5)42(39)57/h13-20,22-25H,10-12,21H2,1-9H3,(H-,56,57,58,59)/p+1. The first kappa shape index (κ1) is 48.6. The van der Waals surface area contributed by atoms with Crippen molar-refractivity contribution in [2.24, 2.45) is 0 Å². The Morgan fingerprint density at radius 2 is 1.29 bits per heavy atom. The van der Waals surface area contributed by atoms with Crippen LogP contribution in [0.15, 0.2) is 84.3 Å². The van der Waals surface area contributed by atoms with Crippen LogP contribution in [0.4, 0.5) is 24.5 Å². The Kier molecular flexibility index (Phi) is 12.9. The van der Waals surface area contributed by atoms with Gasteiger partial charge in [0.15, 0.2) is 18.6 Å². The molecule has 4 aromatic carbocycles. The number of aliphatic hydroxyl groups is 2. The summed E-state index contributed by atoms with van der Waals surface area (Å²) >= 11 is 0. The number of ketones is 2. The largest absolute Gasteiger partial charge is 0.508 e. The maximum atomic E-state index is 14.7. The topological polar surface area (TPSA) is 199 Å². The number of aryl methyl sites for hydroxylation is 2. The van der Waals surface area contributed by atoms with Gasteiger partial charge < -0.3 is 29.2 Å². The fraction of sp³-hybridized carbons (Fsp3) is 0.367. The van der Waals surface area contributed by atoms with Gasteiger partial charge in [0, 0.05) is 27.9 Å². The predicted molar refractivity (Wildman–Crippen MR) is 236 cm³/mol. The Morgan fingerprint density at radius 3 is 1.85 bits per heavy atom. The molecule has 2 heterocycles. The van der Waals surface area contributed by atoms with Crippen molar-refractivity contribution in [3.05, 3.63) is 133 Å². The van der Waals surface area contributed by atoms with Crippen molar-refractivity contribution < 1.29 is 61.6 Å². The first-order chi connectivity index (χ1) is 30.6. The Bertz CT molecular complexity index is 2800. The molecule has 1 atom stereocenters. The van der Waals surface area contributed by atoms with Gasteiger partial charge in [0.05, 0.1) is 21.6 Å². The van der Waals surface area contributed by atoms with Crippen LogP contribution in [-0.4, -0.2) is 60.9 Å². The molecule has 4 aromatic rings. The fourth-order valence-corrected chi connectivity index (χ4v) is 8.37. The van der Waals surface area contributed by atoms with Gasteiger partial charge in [-0.15, -0.1) is 0 Å². The van der Waals surface area contributed by atoms with Crippen LogP contribution in [0, 0.1) is 26.4 Å². The average Bonchev–Trinajstić information content (AvgIpc) is 3.22. The molecule has 0 radical (unpaired) electrons. The SMILES string of the molecule is CCc1ccc(Oc2ccc([N+](=O)[O-])cc2C#N)cc1C1=C(O)C(C)(C)OC(C)(CCCc2ccc(Oc3ccc(C(F)(F)F)cc3[N+](C)=O)cc2C2=C(O)C(C)(C)OC(C)(C)C2=O)C1=O. The van der Waals surface area contributed by atoms with E-state index < -0.39 is 56.3 Å². The zero-order valence-electron chi connectivity index (χ0n) is 37.8. The lowest BCUT2D eigenvalue weighted by atomic mass is 9.78. The molecule has 0 aliphatic carbocycles. The summed E-state index contributed by atoms with van der Waals surface area (Å²) in [4.78, 5) is 52.0. The predicted octanol–water partition coefficient (Wildman–Crippen LogP) is 11.5. The van der Waals surface area contributed by atoms with Crippen LogP contribution in [0.2, 0.25) is 0 Å². The summed E-state index contributed by atoms with van der Waals surface area (Å²) in [5.41, 5.74) is -5.83. The average molecular weight is 913 g/mol. The van der Waals surface area contributed by atoms with E-state index in [4.69, 9.17) is 18.9 Å². The highest BCUT2D eigenvalue weighted by atomic mass is 19.4. The number of carbonyl (C=O) groups is 2. The molecular formula is C49H49F3N3O11+. The second-order valence-electron chi connectivity index (χ2n) is 17.8. The molecule has 0 saturated heterocycles. The molecule has 0 amide bonds. The van der Waals surface area contributed by atoms with Crippen molar-refractivity contribution >= 4 is 34.1 Å². The minimum absolute atomic E-state index is 0.0128. The van der Waals surface area contributed by atoms with Crippen LogP contribution < -0.4 is 9.47 Å².